The van der Waals surface area contributed by atoms with Crippen molar-refractivity contribution in [2.45, 2.75) is 51.1 Å². The standard InChI is InChI=1S/C16H22O4/c1-10(2)5-4-6-11(3)7-8-12-9-13(17)15(19)16(20)14(12)18/h5,9,13-20H,3-4,6H2,1-2H3/t13-,14-,15-,16-/m1/s1. The van der Waals surface area contributed by atoms with E-state index in [1.54, 1.807) is 0 Å². The van der Waals surface area contributed by atoms with Gasteiger partial charge in [0.05, 0.1) is 0 Å². The SMILES string of the molecule is C=C(C#CC1=C[C@@H](O)[C@@H](O)[C@H](O)[C@@H]1O)CCC=C(C)C. The zero-order chi connectivity index (χ0) is 15.3. The molecule has 4 heteroatoms. The van der Waals surface area contributed by atoms with Crippen LogP contribution in [-0.4, -0.2) is 44.8 Å². The van der Waals surface area contributed by atoms with Gasteiger partial charge in [-0.05, 0) is 38.3 Å². The number of aliphatic hydroxyl groups excluding tert-OH is 4. The van der Waals surface area contributed by atoms with Crippen LogP contribution in [0.4, 0.5) is 0 Å². The molecule has 0 amide bonds. The van der Waals surface area contributed by atoms with Gasteiger partial charge in [-0.15, -0.1) is 0 Å². The number of hydrogen-bond donors (Lipinski definition) is 4. The lowest BCUT2D eigenvalue weighted by molar-refractivity contribution is -0.0909. The predicted molar refractivity (Wildman–Crippen MR) is 77.7 cm³/mol. The molecule has 0 aromatic rings. The molecule has 0 heterocycles. The second-order valence-electron chi connectivity index (χ2n) is 5.21. The second-order valence-corrected chi connectivity index (χ2v) is 5.21. The maximum Gasteiger partial charge on any atom is 0.115 e. The molecule has 110 valence electrons. The molecule has 0 aromatic heterocycles. The summed E-state index contributed by atoms with van der Waals surface area (Å²) in [6.07, 6.45) is -0.418. The molecule has 1 aliphatic rings. The van der Waals surface area contributed by atoms with Gasteiger partial charge in [0.2, 0.25) is 0 Å². The lowest BCUT2D eigenvalue weighted by Gasteiger charge is -2.30. The Morgan fingerprint density at radius 1 is 1.25 bits per heavy atom. The third-order valence-electron chi connectivity index (χ3n) is 3.07. The Morgan fingerprint density at radius 2 is 1.90 bits per heavy atom. The number of hydrogen-bond acceptors (Lipinski definition) is 4. The average Bonchev–Trinajstić information content (AvgIpc) is 2.38. The summed E-state index contributed by atoms with van der Waals surface area (Å²) in [7, 11) is 0. The fourth-order valence-electron chi connectivity index (χ4n) is 1.83. The van der Waals surface area contributed by atoms with Gasteiger partial charge in [0.25, 0.3) is 0 Å². The third kappa shape index (κ3) is 4.62. The van der Waals surface area contributed by atoms with Crippen molar-refractivity contribution in [1.29, 1.82) is 0 Å². The van der Waals surface area contributed by atoms with E-state index in [-0.39, 0.29) is 5.57 Å². The fourth-order valence-corrected chi connectivity index (χ4v) is 1.83. The molecule has 0 radical (unpaired) electrons. The van der Waals surface area contributed by atoms with Crippen molar-refractivity contribution in [3.8, 4) is 11.8 Å². The minimum Gasteiger partial charge on any atom is -0.387 e. The normalized spacial score (nSPS) is 29.0. The summed E-state index contributed by atoms with van der Waals surface area (Å²) in [6, 6.07) is 0. The van der Waals surface area contributed by atoms with Gasteiger partial charge >= 0.3 is 0 Å². The first kappa shape index (κ1) is 16.7. The Bertz CT molecular complexity index is 474. The zero-order valence-corrected chi connectivity index (χ0v) is 11.9. The van der Waals surface area contributed by atoms with Crippen LogP contribution >= 0.6 is 0 Å². The molecule has 0 spiro atoms. The van der Waals surface area contributed by atoms with Crippen LogP contribution in [0.1, 0.15) is 26.7 Å². The molecule has 1 rings (SSSR count). The number of aliphatic hydroxyl groups is 4. The van der Waals surface area contributed by atoms with Gasteiger partial charge in [0.1, 0.15) is 24.4 Å². The van der Waals surface area contributed by atoms with E-state index in [9.17, 15) is 20.4 Å². The third-order valence-corrected chi connectivity index (χ3v) is 3.07. The quantitative estimate of drug-likeness (QED) is 0.452. The highest BCUT2D eigenvalue weighted by molar-refractivity contribution is 5.41. The number of rotatable bonds is 3. The summed E-state index contributed by atoms with van der Waals surface area (Å²) >= 11 is 0. The van der Waals surface area contributed by atoms with Crippen LogP contribution in [0, 0.1) is 11.8 Å². The van der Waals surface area contributed by atoms with E-state index in [0.29, 0.717) is 5.57 Å². The maximum atomic E-state index is 9.76. The highest BCUT2D eigenvalue weighted by Crippen LogP contribution is 2.20. The first-order valence-electron chi connectivity index (χ1n) is 6.60. The highest BCUT2D eigenvalue weighted by Gasteiger charge is 2.35. The second kappa shape index (κ2) is 7.41. The molecule has 4 atom stereocenters. The van der Waals surface area contributed by atoms with Gasteiger partial charge in [-0.2, -0.15) is 0 Å². The summed E-state index contributed by atoms with van der Waals surface area (Å²) in [5, 5.41) is 38.2. The summed E-state index contributed by atoms with van der Waals surface area (Å²) < 4.78 is 0. The van der Waals surface area contributed by atoms with Crippen LogP contribution in [0.25, 0.3) is 0 Å². The van der Waals surface area contributed by atoms with E-state index in [4.69, 9.17) is 0 Å². The first-order chi connectivity index (χ1) is 9.32. The van der Waals surface area contributed by atoms with Gasteiger partial charge in [-0.3, -0.25) is 0 Å². The van der Waals surface area contributed by atoms with Gasteiger partial charge in [-0.25, -0.2) is 0 Å². The minimum absolute atomic E-state index is 0.207. The van der Waals surface area contributed by atoms with Crippen molar-refractivity contribution in [1.82, 2.24) is 0 Å². The molecular formula is C16H22O4. The van der Waals surface area contributed by atoms with Crippen molar-refractivity contribution in [3.05, 3.63) is 35.5 Å². The molecule has 0 saturated carbocycles. The summed E-state index contributed by atoms with van der Waals surface area (Å²) in [5.74, 6) is 5.51. The van der Waals surface area contributed by atoms with Gasteiger partial charge in [0.15, 0.2) is 0 Å². The molecule has 20 heavy (non-hydrogen) atoms. The van der Waals surface area contributed by atoms with Crippen molar-refractivity contribution < 1.29 is 20.4 Å². The van der Waals surface area contributed by atoms with Crippen LogP contribution in [0.2, 0.25) is 0 Å². The molecule has 0 unspecified atom stereocenters. The molecule has 0 aromatic carbocycles. The van der Waals surface area contributed by atoms with E-state index < -0.39 is 24.4 Å². The summed E-state index contributed by atoms with van der Waals surface area (Å²) in [4.78, 5) is 0. The van der Waals surface area contributed by atoms with E-state index in [0.717, 1.165) is 12.8 Å². The Labute approximate surface area is 119 Å². The van der Waals surface area contributed by atoms with E-state index in [2.05, 4.69) is 24.5 Å². The molecule has 4 nitrogen and oxygen atoms in total. The topological polar surface area (TPSA) is 80.9 Å². The average molecular weight is 278 g/mol. The van der Waals surface area contributed by atoms with Crippen LogP contribution in [0.5, 0.6) is 0 Å². The maximum absolute atomic E-state index is 9.76. The van der Waals surface area contributed by atoms with Crippen LogP contribution < -0.4 is 0 Å². The first-order valence-corrected chi connectivity index (χ1v) is 6.60. The molecular weight excluding hydrogens is 256 g/mol. The zero-order valence-electron chi connectivity index (χ0n) is 11.9. The van der Waals surface area contributed by atoms with Crippen LogP contribution in [0.3, 0.4) is 0 Å². The van der Waals surface area contributed by atoms with Gasteiger partial charge in [-0.1, -0.05) is 30.1 Å². The van der Waals surface area contributed by atoms with E-state index in [1.807, 2.05) is 13.8 Å². The lowest BCUT2D eigenvalue weighted by atomic mass is 9.89. The Hall–Kier alpha value is -1.38. The Morgan fingerprint density at radius 3 is 2.50 bits per heavy atom. The van der Waals surface area contributed by atoms with E-state index in [1.165, 1.54) is 11.6 Å². The molecule has 0 bridgehead atoms. The molecule has 1 aliphatic carbocycles. The van der Waals surface area contributed by atoms with Crippen molar-refractivity contribution >= 4 is 0 Å². The van der Waals surface area contributed by atoms with E-state index >= 15 is 0 Å². The summed E-state index contributed by atoms with van der Waals surface area (Å²) in [6.45, 7) is 7.87. The monoisotopic (exact) mass is 278 g/mol. The van der Waals surface area contributed by atoms with Gasteiger partial charge < -0.3 is 20.4 Å². The van der Waals surface area contributed by atoms with Gasteiger partial charge in [0, 0.05) is 5.57 Å². The van der Waals surface area contributed by atoms with Crippen molar-refractivity contribution in [2.75, 3.05) is 0 Å². The molecule has 0 saturated heterocycles. The predicted octanol–water partition coefficient (Wildman–Crippen LogP) is 0.676. The summed E-state index contributed by atoms with van der Waals surface area (Å²) in [5.41, 5.74) is 2.15. The van der Waals surface area contributed by atoms with Crippen LogP contribution in [-0.2, 0) is 0 Å². The van der Waals surface area contributed by atoms with Crippen molar-refractivity contribution in [3.63, 3.8) is 0 Å². The Kier molecular flexibility index (Phi) is 6.18. The fraction of sp³-hybridized carbons (Fsp3) is 0.500. The molecule has 0 aliphatic heterocycles. The Balaban J connectivity index is 2.69. The van der Waals surface area contributed by atoms with Crippen molar-refractivity contribution in [2.24, 2.45) is 0 Å². The molecule has 0 fully saturated rings. The minimum atomic E-state index is -1.43. The molecule has 4 N–H and O–H groups in total. The smallest absolute Gasteiger partial charge is 0.115 e. The largest absolute Gasteiger partial charge is 0.387 e. The lowest BCUT2D eigenvalue weighted by Crippen LogP contribution is -2.48. The number of allylic oxidation sites excluding steroid dienone is 3. The van der Waals surface area contributed by atoms with Crippen LogP contribution in [0.15, 0.2) is 35.5 Å². The highest BCUT2D eigenvalue weighted by atomic mass is 16.4.